The fraction of sp³-hybridized carbons (Fsp3) is 0.467. The largest absolute Gasteiger partial charge is 0.315 e. The van der Waals surface area contributed by atoms with Gasteiger partial charge in [-0.25, -0.2) is 0 Å². The average molecular weight is 310 g/mol. The monoisotopic (exact) mass is 309 g/mol. The first-order chi connectivity index (χ1) is 9.56. The van der Waals surface area contributed by atoms with E-state index in [1.54, 1.807) is 11.3 Å². The molecule has 0 aliphatic carbocycles. The third kappa shape index (κ3) is 4.27. The molecule has 0 amide bonds. The van der Waals surface area contributed by atoms with Crippen molar-refractivity contribution in [2.75, 3.05) is 6.54 Å². The zero-order valence-electron chi connectivity index (χ0n) is 12.1. The van der Waals surface area contributed by atoms with Crippen LogP contribution >= 0.6 is 22.9 Å². The Labute approximate surface area is 129 Å². The maximum absolute atomic E-state index is 6.15. The van der Waals surface area contributed by atoms with E-state index in [0.717, 1.165) is 45.6 Å². The Kier molecular flexibility index (Phi) is 5.52. The molecule has 2 aromatic rings. The van der Waals surface area contributed by atoms with Gasteiger partial charge in [-0.15, -0.1) is 10.2 Å². The summed E-state index contributed by atoms with van der Waals surface area (Å²) < 4.78 is 0. The summed E-state index contributed by atoms with van der Waals surface area (Å²) in [5.41, 5.74) is 2.13. The Bertz CT molecular complexity index is 566. The van der Waals surface area contributed by atoms with Crippen LogP contribution in [0.2, 0.25) is 5.02 Å². The number of nitrogens with one attached hydrogen (secondary N) is 1. The number of aryl methyl sites for hydroxylation is 2. The van der Waals surface area contributed by atoms with Crippen molar-refractivity contribution in [3.8, 4) is 10.6 Å². The number of aromatic nitrogens is 2. The molecule has 2 rings (SSSR count). The fourth-order valence-electron chi connectivity index (χ4n) is 1.83. The van der Waals surface area contributed by atoms with Crippen molar-refractivity contribution in [2.45, 2.75) is 39.7 Å². The maximum Gasteiger partial charge on any atom is 0.147 e. The summed E-state index contributed by atoms with van der Waals surface area (Å²) in [6, 6.07) is 6.56. The molecule has 0 saturated carbocycles. The van der Waals surface area contributed by atoms with Crippen LogP contribution in [0, 0.1) is 6.92 Å². The minimum atomic E-state index is 0.537. The van der Waals surface area contributed by atoms with E-state index in [2.05, 4.69) is 29.4 Å². The summed E-state index contributed by atoms with van der Waals surface area (Å²) in [5, 5.41) is 14.7. The normalized spacial score (nSPS) is 11.2. The summed E-state index contributed by atoms with van der Waals surface area (Å²) in [4.78, 5) is 0. The van der Waals surface area contributed by atoms with E-state index in [9.17, 15) is 0 Å². The molecule has 1 heterocycles. The van der Waals surface area contributed by atoms with Crippen molar-refractivity contribution < 1.29 is 0 Å². The number of halogens is 1. The molecule has 0 fully saturated rings. The molecule has 5 heteroatoms. The van der Waals surface area contributed by atoms with E-state index < -0.39 is 0 Å². The Morgan fingerprint density at radius 1 is 1.30 bits per heavy atom. The molecule has 108 valence electrons. The molecule has 20 heavy (non-hydrogen) atoms. The molecule has 0 aliphatic heterocycles. The highest BCUT2D eigenvalue weighted by atomic mass is 35.5. The van der Waals surface area contributed by atoms with Crippen LogP contribution in [0.25, 0.3) is 10.6 Å². The Morgan fingerprint density at radius 2 is 2.10 bits per heavy atom. The maximum atomic E-state index is 6.15. The van der Waals surface area contributed by atoms with Crippen molar-refractivity contribution in [1.82, 2.24) is 15.5 Å². The van der Waals surface area contributed by atoms with E-state index in [1.165, 1.54) is 0 Å². The summed E-state index contributed by atoms with van der Waals surface area (Å²) in [6.45, 7) is 7.33. The minimum absolute atomic E-state index is 0.537. The lowest BCUT2D eigenvalue weighted by Gasteiger charge is -2.05. The van der Waals surface area contributed by atoms with E-state index in [-0.39, 0.29) is 0 Å². The first kappa shape index (κ1) is 15.4. The number of rotatable bonds is 6. The molecule has 0 aliphatic rings. The predicted molar refractivity (Wildman–Crippen MR) is 86.6 cm³/mol. The molecule has 3 nitrogen and oxygen atoms in total. The zero-order chi connectivity index (χ0) is 14.5. The number of hydrogen-bond acceptors (Lipinski definition) is 4. The van der Waals surface area contributed by atoms with Crippen molar-refractivity contribution >= 4 is 22.9 Å². The van der Waals surface area contributed by atoms with Crippen LogP contribution in [0.3, 0.4) is 0 Å². The molecule has 0 unspecified atom stereocenters. The number of benzene rings is 1. The minimum Gasteiger partial charge on any atom is -0.315 e. The van der Waals surface area contributed by atoms with Crippen LogP contribution in [-0.4, -0.2) is 22.8 Å². The highest BCUT2D eigenvalue weighted by Crippen LogP contribution is 2.27. The summed E-state index contributed by atoms with van der Waals surface area (Å²) in [6.07, 6.45) is 2.05. The average Bonchev–Trinajstić information content (AvgIpc) is 2.86. The Balaban J connectivity index is 1.96. The lowest BCUT2D eigenvalue weighted by molar-refractivity contribution is 0.569. The molecular weight excluding hydrogens is 290 g/mol. The van der Waals surface area contributed by atoms with Gasteiger partial charge in [0.1, 0.15) is 10.0 Å². The standard InChI is InChI=1S/C15H20ClN3S/c1-10(2)17-8-4-5-14-18-19-15(20-14)12-7-6-11(3)13(16)9-12/h6-7,9-10,17H,4-5,8H2,1-3H3. The highest BCUT2D eigenvalue weighted by molar-refractivity contribution is 7.14. The number of hydrogen-bond donors (Lipinski definition) is 1. The van der Waals surface area contributed by atoms with Crippen molar-refractivity contribution in [3.63, 3.8) is 0 Å². The summed E-state index contributed by atoms with van der Waals surface area (Å²) in [5.74, 6) is 0. The molecule has 0 bridgehead atoms. The van der Waals surface area contributed by atoms with Gasteiger partial charge in [0.05, 0.1) is 0 Å². The quantitative estimate of drug-likeness (QED) is 0.816. The molecule has 1 N–H and O–H groups in total. The molecular formula is C15H20ClN3S. The predicted octanol–water partition coefficient (Wildman–Crippen LogP) is 4.10. The first-order valence-electron chi connectivity index (χ1n) is 6.88. The van der Waals surface area contributed by atoms with Crippen molar-refractivity contribution in [2.24, 2.45) is 0 Å². The van der Waals surface area contributed by atoms with E-state index >= 15 is 0 Å². The smallest absolute Gasteiger partial charge is 0.147 e. The van der Waals surface area contributed by atoms with Gasteiger partial charge in [-0.2, -0.15) is 0 Å². The van der Waals surface area contributed by atoms with E-state index in [1.807, 2.05) is 25.1 Å². The lowest BCUT2D eigenvalue weighted by atomic mass is 10.2. The van der Waals surface area contributed by atoms with Crippen LogP contribution in [-0.2, 0) is 6.42 Å². The van der Waals surface area contributed by atoms with Gasteiger partial charge in [-0.05, 0) is 31.5 Å². The second-order valence-electron chi connectivity index (χ2n) is 5.18. The summed E-state index contributed by atoms with van der Waals surface area (Å²) >= 11 is 7.80. The van der Waals surface area contributed by atoms with Crippen LogP contribution in [0.5, 0.6) is 0 Å². The van der Waals surface area contributed by atoms with Gasteiger partial charge in [0, 0.05) is 23.0 Å². The topological polar surface area (TPSA) is 37.8 Å². The van der Waals surface area contributed by atoms with Crippen LogP contribution < -0.4 is 5.32 Å². The van der Waals surface area contributed by atoms with Gasteiger partial charge >= 0.3 is 0 Å². The second-order valence-corrected chi connectivity index (χ2v) is 6.65. The SMILES string of the molecule is Cc1ccc(-c2nnc(CCCNC(C)C)s2)cc1Cl. The Hall–Kier alpha value is -0.970. The Morgan fingerprint density at radius 3 is 2.80 bits per heavy atom. The van der Waals surface area contributed by atoms with Gasteiger partial charge in [-0.3, -0.25) is 0 Å². The summed E-state index contributed by atoms with van der Waals surface area (Å²) in [7, 11) is 0. The van der Waals surface area contributed by atoms with Gasteiger partial charge in [0.2, 0.25) is 0 Å². The van der Waals surface area contributed by atoms with Gasteiger partial charge < -0.3 is 5.32 Å². The van der Waals surface area contributed by atoms with Crippen molar-refractivity contribution in [1.29, 1.82) is 0 Å². The zero-order valence-corrected chi connectivity index (χ0v) is 13.7. The van der Waals surface area contributed by atoms with E-state index in [0.29, 0.717) is 6.04 Å². The van der Waals surface area contributed by atoms with Crippen molar-refractivity contribution in [3.05, 3.63) is 33.8 Å². The second kappa shape index (κ2) is 7.16. The molecule has 0 atom stereocenters. The van der Waals surface area contributed by atoms with Crippen LogP contribution in [0.1, 0.15) is 30.8 Å². The van der Waals surface area contributed by atoms with Gasteiger partial charge in [-0.1, -0.05) is 48.9 Å². The van der Waals surface area contributed by atoms with Gasteiger partial charge in [0.15, 0.2) is 0 Å². The first-order valence-corrected chi connectivity index (χ1v) is 8.08. The molecule has 0 saturated heterocycles. The highest BCUT2D eigenvalue weighted by Gasteiger charge is 2.08. The van der Waals surface area contributed by atoms with Crippen LogP contribution in [0.15, 0.2) is 18.2 Å². The lowest BCUT2D eigenvalue weighted by Crippen LogP contribution is -2.23. The molecule has 0 spiro atoms. The molecule has 1 aromatic carbocycles. The van der Waals surface area contributed by atoms with E-state index in [4.69, 9.17) is 11.6 Å². The molecule has 1 aromatic heterocycles. The third-order valence-corrected chi connectivity index (χ3v) is 4.44. The van der Waals surface area contributed by atoms with Crippen LogP contribution in [0.4, 0.5) is 0 Å². The van der Waals surface area contributed by atoms with Gasteiger partial charge in [0.25, 0.3) is 0 Å². The molecule has 0 radical (unpaired) electrons. The fourth-order valence-corrected chi connectivity index (χ4v) is 2.89. The number of nitrogens with zero attached hydrogens (tertiary/aromatic N) is 2. The third-order valence-electron chi connectivity index (χ3n) is 3.01.